The van der Waals surface area contributed by atoms with Crippen molar-refractivity contribution in [2.24, 2.45) is 5.92 Å². The van der Waals surface area contributed by atoms with Gasteiger partial charge >= 0.3 is 0 Å². The molecule has 1 N–H and O–H groups in total. The predicted molar refractivity (Wildman–Crippen MR) is 72.7 cm³/mol. The molecule has 5 nitrogen and oxygen atoms in total. The van der Waals surface area contributed by atoms with E-state index in [1.807, 2.05) is 24.4 Å². The van der Waals surface area contributed by atoms with E-state index in [0.29, 0.717) is 13.2 Å². The van der Waals surface area contributed by atoms with Crippen LogP contribution in [0, 0.1) is 5.92 Å². The van der Waals surface area contributed by atoms with Crippen LogP contribution in [0.5, 0.6) is 0 Å². The SMILES string of the molecule is CCONC(=O)[C@H]1CCCN(C(=O)c2cccs2)C1. The van der Waals surface area contributed by atoms with Crippen LogP contribution in [0.3, 0.4) is 0 Å². The zero-order valence-electron chi connectivity index (χ0n) is 10.9. The highest BCUT2D eigenvalue weighted by Gasteiger charge is 2.29. The minimum absolute atomic E-state index is 0.0175. The molecule has 1 fully saturated rings. The number of carbonyl (C=O) groups is 2. The molecule has 2 rings (SSSR count). The topological polar surface area (TPSA) is 58.6 Å². The molecule has 2 heterocycles. The maximum absolute atomic E-state index is 12.2. The third kappa shape index (κ3) is 3.54. The lowest BCUT2D eigenvalue weighted by molar-refractivity contribution is -0.138. The van der Waals surface area contributed by atoms with Gasteiger partial charge in [-0.1, -0.05) is 6.07 Å². The molecule has 1 aliphatic rings. The number of carbonyl (C=O) groups excluding carboxylic acids is 2. The molecule has 0 unspecified atom stereocenters. The van der Waals surface area contributed by atoms with Crippen LogP contribution in [0.1, 0.15) is 29.4 Å². The molecule has 104 valence electrons. The second-order valence-corrected chi connectivity index (χ2v) is 5.41. The van der Waals surface area contributed by atoms with Crippen LogP contribution in [0.2, 0.25) is 0 Å². The zero-order valence-corrected chi connectivity index (χ0v) is 11.7. The van der Waals surface area contributed by atoms with E-state index in [0.717, 1.165) is 24.3 Å². The molecule has 0 saturated carbocycles. The predicted octanol–water partition coefficient (Wildman–Crippen LogP) is 1.67. The van der Waals surface area contributed by atoms with Gasteiger partial charge in [0.05, 0.1) is 17.4 Å². The summed E-state index contributed by atoms with van der Waals surface area (Å²) in [5.41, 5.74) is 2.42. The van der Waals surface area contributed by atoms with Crippen molar-refractivity contribution in [3.05, 3.63) is 22.4 Å². The number of nitrogens with one attached hydrogen (secondary N) is 1. The highest BCUT2D eigenvalue weighted by atomic mass is 32.1. The van der Waals surface area contributed by atoms with Crippen molar-refractivity contribution in [1.29, 1.82) is 0 Å². The van der Waals surface area contributed by atoms with Crippen LogP contribution >= 0.6 is 11.3 Å². The molecule has 19 heavy (non-hydrogen) atoms. The lowest BCUT2D eigenvalue weighted by Gasteiger charge is -2.31. The Morgan fingerprint density at radius 1 is 1.58 bits per heavy atom. The first kappa shape index (κ1) is 14.0. The second-order valence-electron chi connectivity index (χ2n) is 4.47. The fraction of sp³-hybridized carbons (Fsp3) is 0.538. The number of likely N-dealkylation sites (tertiary alicyclic amines) is 1. The van der Waals surface area contributed by atoms with Gasteiger partial charge in [0, 0.05) is 13.1 Å². The van der Waals surface area contributed by atoms with Crippen molar-refractivity contribution in [3.8, 4) is 0 Å². The summed E-state index contributed by atoms with van der Waals surface area (Å²) in [6.07, 6.45) is 1.65. The number of hydroxylamine groups is 1. The largest absolute Gasteiger partial charge is 0.337 e. The molecule has 0 aromatic carbocycles. The van der Waals surface area contributed by atoms with E-state index in [9.17, 15) is 9.59 Å². The summed E-state index contributed by atoms with van der Waals surface area (Å²) in [5, 5.41) is 1.89. The molecule has 2 amide bonds. The number of nitrogens with zero attached hydrogens (tertiary/aromatic N) is 1. The molecular formula is C13H18N2O3S. The van der Waals surface area contributed by atoms with E-state index >= 15 is 0 Å². The van der Waals surface area contributed by atoms with Gasteiger partial charge < -0.3 is 4.90 Å². The van der Waals surface area contributed by atoms with Gasteiger partial charge in [0.25, 0.3) is 5.91 Å². The van der Waals surface area contributed by atoms with Crippen molar-refractivity contribution in [2.75, 3.05) is 19.7 Å². The Kier molecular flexibility index (Phi) is 4.93. The standard InChI is InChI=1S/C13H18N2O3S/c1-2-18-14-12(16)10-5-3-7-15(9-10)13(17)11-6-4-8-19-11/h4,6,8,10H,2-3,5,7,9H2,1H3,(H,14,16)/t10-/m0/s1. The van der Waals surface area contributed by atoms with Crippen molar-refractivity contribution in [3.63, 3.8) is 0 Å². The highest BCUT2D eigenvalue weighted by molar-refractivity contribution is 7.12. The molecular weight excluding hydrogens is 264 g/mol. The zero-order chi connectivity index (χ0) is 13.7. The Morgan fingerprint density at radius 2 is 2.42 bits per heavy atom. The number of hydrogen-bond donors (Lipinski definition) is 1. The summed E-state index contributed by atoms with van der Waals surface area (Å²) in [5.74, 6) is -0.293. The minimum Gasteiger partial charge on any atom is -0.337 e. The Morgan fingerprint density at radius 3 is 3.11 bits per heavy atom. The van der Waals surface area contributed by atoms with Crippen LogP contribution < -0.4 is 5.48 Å². The van der Waals surface area contributed by atoms with Gasteiger partial charge in [-0.05, 0) is 31.2 Å². The first-order valence-corrected chi connectivity index (χ1v) is 7.34. The normalized spacial score (nSPS) is 19.2. The fourth-order valence-electron chi connectivity index (χ4n) is 2.16. The highest BCUT2D eigenvalue weighted by Crippen LogP contribution is 2.20. The van der Waals surface area contributed by atoms with E-state index in [4.69, 9.17) is 4.84 Å². The Labute approximate surface area is 116 Å². The first-order valence-electron chi connectivity index (χ1n) is 6.46. The fourth-order valence-corrected chi connectivity index (χ4v) is 2.85. The molecule has 1 atom stereocenters. The van der Waals surface area contributed by atoms with E-state index in [2.05, 4.69) is 5.48 Å². The molecule has 6 heteroatoms. The summed E-state index contributed by atoms with van der Waals surface area (Å²) in [7, 11) is 0. The average Bonchev–Trinajstić information content (AvgIpc) is 2.98. The van der Waals surface area contributed by atoms with Crippen LogP contribution in [-0.2, 0) is 9.63 Å². The number of thiophene rings is 1. The van der Waals surface area contributed by atoms with Gasteiger partial charge in [-0.25, -0.2) is 5.48 Å². The molecule has 1 aliphatic heterocycles. The smallest absolute Gasteiger partial charge is 0.263 e. The van der Waals surface area contributed by atoms with Crippen molar-refractivity contribution in [1.82, 2.24) is 10.4 Å². The number of amides is 2. The first-order chi connectivity index (χ1) is 9.22. The Balaban J connectivity index is 1.93. The molecule has 1 saturated heterocycles. The molecule has 0 radical (unpaired) electrons. The van der Waals surface area contributed by atoms with Gasteiger partial charge in [-0.3, -0.25) is 14.4 Å². The molecule has 0 spiro atoms. The molecule has 1 aromatic heterocycles. The Hall–Kier alpha value is -1.40. The van der Waals surface area contributed by atoms with Crippen LogP contribution in [-0.4, -0.2) is 36.4 Å². The van der Waals surface area contributed by atoms with Crippen molar-refractivity contribution >= 4 is 23.2 Å². The second kappa shape index (κ2) is 6.68. The lowest BCUT2D eigenvalue weighted by atomic mass is 9.97. The summed E-state index contributed by atoms with van der Waals surface area (Å²) in [6.45, 7) is 3.44. The molecule has 0 aliphatic carbocycles. The van der Waals surface area contributed by atoms with E-state index in [-0.39, 0.29) is 17.7 Å². The summed E-state index contributed by atoms with van der Waals surface area (Å²) < 4.78 is 0. The molecule has 1 aromatic rings. The third-order valence-electron chi connectivity index (χ3n) is 3.13. The maximum Gasteiger partial charge on any atom is 0.263 e. The van der Waals surface area contributed by atoms with E-state index in [1.54, 1.807) is 4.90 Å². The number of piperidine rings is 1. The van der Waals surface area contributed by atoms with Crippen molar-refractivity contribution < 1.29 is 14.4 Å². The Bertz CT molecular complexity index is 433. The van der Waals surface area contributed by atoms with Crippen LogP contribution in [0.15, 0.2) is 17.5 Å². The number of hydrogen-bond acceptors (Lipinski definition) is 4. The third-order valence-corrected chi connectivity index (χ3v) is 3.99. The summed E-state index contributed by atoms with van der Waals surface area (Å²) in [6, 6.07) is 3.68. The van der Waals surface area contributed by atoms with Crippen molar-refractivity contribution in [2.45, 2.75) is 19.8 Å². The molecule has 0 bridgehead atoms. The monoisotopic (exact) mass is 282 g/mol. The number of rotatable bonds is 4. The van der Waals surface area contributed by atoms with E-state index < -0.39 is 0 Å². The summed E-state index contributed by atoms with van der Waals surface area (Å²) >= 11 is 1.43. The van der Waals surface area contributed by atoms with Gasteiger partial charge in [-0.2, -0.15) is 0 Å². The minimum atomic E-state index is -0.177. The van der Waals surface area contributed by atoms with Gasteiger partial charge in [0.15, 0.2) is 0 Å². The van der Waals surface area contributed by atoms with Gasteiger partial charge in [0.1, 0.15) is 0 Å². The quantitative estimate of drug-likeness (QED) is 0.855. The van der Waals surface area contributed by atoms with E-state index in [1.165, 1.54) is 11.3 Å². The lowest BCUT2D eigenvalue weighted by Crippen LogP contribution is -2.45. The van der Waals surface area contributed by atoms with Crippen LogP contribution in [0.25, 0.3) is 0 Å². The van der Waals surface area contributed by atoms with Crippen LogP contribution in [0.4, 0.5) is 0 Å². The van der Waals surface area contributed by atoms with Gasteiger partial charge in [0.2, 0.25) is 5.91 Å². The maximum atomic E-state index is 12.2. The summed E-state index contributed by atoms with van der Waals surface area (Å²) in [4.78, 5) is 31.5. The average molecular weight is 282 g/mol. The van der Waals surface area contributed by atoms with Gasteiger partial charge in [-0.15, -0.1) is 11.3 Å².